The minimum Gasteiger partial charge on any atom is -0.384 e. The Hall–Kier alpha value is -1.55. The number of amidine groups is 1. The fraction of sp³-hybridized carbons (Fsp3) is 0.231. The topological polar surface area (TPSA) is 62.8 Å². The molecule has 88 valence electrons. The van der Waals surface area contributed by atoms with E-state index in [1.165, 1.54) is 0 Å². The Balaban J connectivity index is 2.61. The minimum atomic E-state index is 0.0851. The summed E-state index contributed by atoms with van der Waals surface area (Å²) in [6, 6.07) is 7.98. The monoisotopic (exact) mass is 245 g/mol. The second kappa shape index (κ2) is 5.19. The Bertz CT molecular complexity index is 551. The van der Waals surface area contributed by atoms with Crippen LogP contribution >= 0.6 is 11.8 Å². The molecule has 0 bridgehead atoms. The maximum absolute atomic E-state index is 7.61. The minimum absolute atomic E-state index is 0.0851. The highest BCUT2D eigenvalue weighted by Crippen LogP contribution is 2.30. The lowest BCUT2D eigenvalue weighted by atomic mass is 10.1. The van der Waals surface area contributed by atoms with Gasteiger partial charge in [-0.15, -0.1) is 11.8 Å². The molecule has 3 nitrogen and oxygen atoms in total. The summed E-state index contributed by atoms with van der Waals surface area (Å²) >= 11 is 1.74. The third-order valence-electron chi connectivity index (χ3n) is 2.47. The van der Waals surface area contributed by atoms with E-state index in [1.54, 1.807) is 18.0 Å². The van der Waals surface area contributed by atoms with Gasteiger partial charge in [-0.25, -0.2) is 0 Å². The van der Waals surface area contributed by atoms with Gasteiger partial charge in [-0.3, -0.25) is 10.4 Å². The van der Waals surface area contributed by atoms with Crippen molar-refractivity contribution in [3.63, 3.8) is 0 Å². The van der Waals surface area contributed by atoms with Crippen molar-refractivity contribution in [3.8, 4) is 0 Å². The first-order valence-corrected chi connectivity index (χ1v) is 6.57. The molecule has 0 spiro atoms. The molecule has 1 aromatic heterocycles. The summed E-state index contributed by atoms with van der Waals surface area (Å²) < 4.78 is 0. The maximum Gasteiger partial charge on any atom is 0.125 e. The van der Waals surface area contributed by atoms with E-state index in [4.69, 9.17) is 11.1 Å². The fourth-order valence-electron chi connectivity index (χ4n) is 1.67. The average molecular weight is 245 g/mol. The van der Waals surface area contributed by atoms with Crippen molar-refractivity contribution < 1.29 is 0 Å². The van der Waals surface area contributed by atoms with Gasteiger partial charge < -0.3 is 5.73 Å². The normalized spacial score (nSPS) is 10.6. The zero-order chi connectivity index (χ0) is 12.3. The summed E-state index contributed by atoms with van der Waals surface area (Å²) in [5.41, 5.74) is 7.30. The molecule has 0 saturated heterocycles. The van der Waals surface area contributed by atoms with Crippen LogP contribution in [0.2, 0.25) is 0 Å². The van der Waals surface area contributed by atoms with Gasteiger partial charge in [0, 0.05) is 22.0 Å². The molecule has 1 aromatic carbocycles. The molecule has 0 aliphatic rings. The predicted molar refractivity (Wildman–Crippen MR) is 73.8 cm³/mol. The van der Waals surface area contributed by atoms with Gasteiger partial charge in [0.1, 0.15) is 5.84 Å². The molecule has 3 N–H and O–H groups in total. The molecule has 2 rings (SSSR count). The number of nitrogen functional groups attached to an aromatic ring is 1. The van der Waals surface area contributed by atoms with Gasteiger partial charge in [0.15, 0.2) is 0 Å². The number of benzene rings is 1. The van der Waals surface area contributed by atoms with Gasteiger partial charge in [-0.05, 0) is 18.2 Å². The first-order chi connectivity index (χ1) is 8.24. The highest BCUT2D eigenvalue weighted by atomic mass is 32.2. The Morgan fingerprint density at radius 1 is 1.41 bits per heavy atom. The molecule has 2 aromatic rings. The van der Waals surface area contributed by atoms with Crippen molar-refractivity contribution in [2.24, 2.45) is 5.73 Å². The maximum atomic E-state index is 7.61. The third kappa shape index (κ3) is 2.42. The summed E-state index contributed by atoms with van der Waals surface area (Å²) in [7, 11) is 0. The predicted octanol–water partition coefficient (Wildman–Crippen LogP) is 3.02. The van der Waals surface area contributed by atoms with E-state index < -0.39 is 0 Å². The van der Waals surface area contributed by atoms with E-state index in [2.05, 4.69) is 11.9 Å². The SMILES string of the molecule is CCCSc1c(C(=N)N)cnc2ccccc12. The lowest BCUT2D eigenvalue weighted by Crippen LogP contribution is -2.13. The van der Waals surface area contributed by atoms with Crippen LogP contribution in [0.4, 0.5) is 0 Å². The van der Waals surface area contributed by atoms with E-state index in [0.29, 0.717) is 0 Å². The zero-order valence-electron chi connectivity index (χ0n) is 9.73. The Morgan fingerprint density at radius 3 is 2.88 bits per heavy atom. The van der Waals surface area contributed by atoms with Crippen LogP contribution in [0.3, 0.4) is 0 Å². The standard InChI is InChI=1S/C13H15N3S/c1-2-7-17-12-9-5-3-4-6-11(9)16-8-10(12)13(14)15/h3-6,8H,2,7H2,1H3,(H3,14,15). The number of hydrogen-bond donors (Lipinski definition) is 2. The highest BCUT2D eigenvalue weighted by molar-refractivity contribution is 7.99. The first kappa shape index (κ1) is 11.9. The molecule has 0 aliphatic carbocycles. The Labute approximate surface area is 105 Å². The second-order valence-electron chi connectivity index (χ2n) is 3.78. The Kier molecular flexibility index (Phi) is 3.64. The molecule has 17 heavy (non-hydrogen) atoms. The van der Waals surface area contributed by atoms with Crippen LogP contribution in [0.1, 0.15) is 18.9 Å². The second-order valence-corrected chi connectivity index (χ2v) is 4.89. The van der Waals surface area contributed by atoms with E-state index >= 15 is 0 Å². The lowest BCUT2D eigenvalue weighted by Gasteiger charge is -2.10. The number of nitrogens with one attached hydrogen (secondary N) is 1. The number of nitrogens with zero attached hydrogens (tertiary/aromatic N) is 1. The molecule has 0 amide bonds. The van der Waals surface area contributed by atoms with Crippen molar-refractivity contribution in [1.82, 2.24) is 4.98 Å². The van der Waals surface area contributed by atoms with Gasteiger partial charge in [-0.1, -0.05) is 25.1 Å². The van der Waals surface area contributed by atoms with Crippen molar-refractivity contribution in [3.05, 3.63) is 36.0 Å². The van der Waals surface area contributed by atoms with Crippen molar-refractivity contribution in [2.45, 2.75) is 18.2 Å². The largest absolute Gasteiger partial charge is 0.384 e. The summed E-state index contributed by atoms with van der Waals surface area (Å²) in [5.74, 6) is 1.11. The fourth-order valence-corrected chi connectivity index (χ4v) is 2.72. The van der Waals surface area contributed by atoms with Crippen LogP contribution in [0.15, 0.2) is 35.4 Å². The van der Waals surface area contributed by atoms with E-state index in [0.717, 1.165) is 33.5 Å². The number of nitrogens with two attached hydrogens (primary N) is 1. The smallest absolute Gasteiger partial charge is 0.125 e. The number of fused-ring (bicyclic) bond motifs is 1. The van der Waals surface area contributed by atoms with Gasteiger partial charge >= 0.3 is 0 Å². The summed E-state index contributed by atoms with van der Waals surface area (Å²) in [6.07, 6.45) is 2.79. The number of hydrogen-bond acceptors (Lipinski definition) is 3. The molecular weight excluding hydrogens is 230 g/mol. The lowest BCUT2D eigenvalue weighted by molar-refractivity contribution is 1.10. The molecular formula is C13H15N3S. The molecule has 0 saturated carbocycles. The van der Waals surface area contributed by atoms with Gasteiger partial charge in [-0.2, -0.15) is 0 Å². The summed E-state index contributed by atoms with van der Waals surface area (Å²) in [5, 5.41) is 8.69. The molecule has 0 unspecified atom stereocenters. The molecule has 0 fully saturated rings. The van der Waals surface area contributed by atoms with Gasteiger partial charge in [0.2, 0.25) is 0 Å². The molecule has 0 radical (unpaired) electrons. The van der Waals surface area contributed by atoms with Crippen LogP contribution in [0.25, 0.3) is 10.9 Å². The number of aromatic nitrogens is 1. The van der Waals surface area contributed by atoms with Crippen LogP contribution in [-0.2, 0) is 0 Å². The average Bonchev–Trinajstić information content (AvgIpc) is 2.35. The van der Waals surface area contributed by atoms with Gasteiger partial charge in [0.25, 0.3) is 0 Å². The van der Waals surface area contributed by atoms with Crippen molar-refractivity contribution >= 4 is 28.5 Å². The third-order valence-corrected chi connectivity index (χ3v) is 3.81. The summed E-state index contributed by atoms with van der Waals surface area (Å²) in [6.45, 7) is 2.14. The molecule has 0 aliphatic heterocycles. The van der Waals surface area contributed by atoms with Crippen molar-refractivity contribution in [2.75, 3.05) is 5.75 Å². The molecule has 4 heteroatoms. The molecule has 1 heterocycles. The van der Waals surface area contributed by atoms with E-state index in [1.807, 2.05) is 24.3 Å². The van der Waals surface area contributed by atoms with Crippen molar-refractivity contribution in [1.29, 1.82) is 5.41 Å². The van der Waals surface area contributed by atoms with Crippen LogP contribution in [-0.4, -0.2) is 16.6 Å². The van der Waals surface area contributed by atoms with Crippen LogP contribution in [0.5, 0.6) is 0 Å². The number of para-hydroxylation sites is 1. The molecule has 0 atom stereocenters. The number of pyridine rings is 1. The van der Waals surface area contributed by atoms with E-state index in [9.17, 15) is 0 Å². The quantitative estimate of drug-likeness (QED) is 0.494. The van der Waals surface area contributed by atoms with Crippen LogP contribution in [0, 0.1) is 5.41 Å². The highest BCUT2D eigenvalue weighted by Gasteiger charge is 2.10. The van der Waals surface area contributed by atoms with Crippen LogP contribution < -0.4 is 5.73 Å². The van der Waals surface area contributed by atoms with Gasteiger partial charge in [0.05, 0.1) is 5.52 Å². The number of thioether (sulfide) groups is 1. The first-order valence-electron chi connectivity index (χ1n) is 5.59. The van der Waals surface area contributed by atoms with E-state index in [-0.39, 0.29) is 5.84 Å². The Morgan fingerprint density at radius 2 is 2.18 bits per heavy atom. The summed E-state index contributed by atoms with van der Waals surface area (Å²) in [4.78, 5) is 5.41. The number of rotatable bonds is 4. The zero-order valence-corrected chi connectivity index (χ0v) is 10.6.